The average molecular weight is 305 g/mol. The van der Waals surface area contributed by atoms with E-state index in [1.165, 1.54) is 30.6 Å². The molecule has 5 nitrogen and oxygen atoms in total. The normalized spacial score (nSPS) is 16.0. The third-order valence-electron chi connectivity index (χ3n) is 3.55. The number of carbonyl (C=O) groups is 1. The first-order chi connectivity index (χ1) is 10.2. The molecule has 0 saturated carbocycles. The highest BCUT2D eigenvalue weighted by Crippen LogP contribution is 2.18. The first-order valence-corrected chi connectivity index (χ1v) is 8.13. The minimum atomic E-state index is -0.241. The molecule has 1 aliphatic rings. The first-order valence-electron chi connectivity index (χ1n) is 7.25. The molecule has 2 aromatic rings. The highest BCUT2D eigenvalue weighted by Gasteiger charge is 2.16. The Hall–Kier alpha value is -1.66. The van der Waals surface area contributed by atoms with Gasteiger partial charge in [0.1, 0.15) is 5.76 Å². The van der Waals surface area contributed by atoms with E-state index in [4.69, 9.17) is 4.42 Å². The van der Waals surface area contributed by atoms with Crippen LogP contribution in [0.5, 0.6) is 0 Å². The summed E-state index contributed by atoms with van der Waals surface area (Å²) < 4.78 is 5.65. The van der Waals surface area contributed by atoms with Crippen molar-refractivity contribution in [1.82, 2.24) is 9.88 Å². The van der Waals surface area contributed by atoms with Crippen molar-refractivity contribution in [2.24, 2.45) is 0 Å². The van der Waals surface area contributed by atoms with Crippen LogP contribution >= 0.6 is 11.3 Å². The lowest BCUT2D eigenvalue weighted by atomic mass is 10.1. The maximum atomic E-state index is 12.1. The Bertz CT molecular complexity index is 614. The van der Waals surface area contributed by atoms with Crippen molar-refractivity contribution in [3.05, 3.63) is 34.7 Å². The minimum absolute atomic E-state index is 0.241. The van der Waals surface area contributed by atoms with E-state index in [-0.39, 0.29) is 5.91 Å². The van der Waals surface area contributed by atoms with Gasteiger partial charge in [0.05, 0.1) is 12.2 Å². The number of aromatic nitrogens is 1. The number of aryl methyl sites for hydroxylation is 1. The molecule has 0 aromatic carbocycles. The summed E-state index contributed by atoms with van der Waals surface area (Å²) in [5, 5.41) is 5.26. The number of amides is 1. The smallest absolute Gasteiger partial charge is 0.293 e. The second kappa shape index (κ2) is 6.41. The van der Waals surface area contributed by atoms with Crippen LogP contribution in [0.3, 0.4) is 0 Å². The first kappa shape index (κ1) is 14.3. The van der Waals surface area contributed by atoms with Gasteiger partial charge in [0.25, 0.3) is 5.91 Å². The molecular formula is C15H19N3O2S. The summed E-state index contributed by atoms with van der Waals surface area (Å²) in [7, 11) is 0. The summed E-state index contributed by atoms with van der Waals surface area (Å²) >= 11 is 1.41. The van der Waals surface area contributed by atoms with Gasteiger partial charge in [-0.3, -0.25) is 15.0 Å². The summed E-state index contributed by atoms with van der Waals surface area (Å²) in [6.07, 6.45) is 3.81. The monoisotopic (exact) mass is 305 g/mol. The van der Waals surface area contributed by atoms with E-state index in [2.05, 4.69) is 15.2 Å². The second-order valence-electron chi connectivity index (χ2n) is 5.35. The number of nitrogens with zero attached hydrogens (tertiary/aromatic N) is 2. The number of piperidine rings is 1. The Labute approximate surface area is 128 Å². The zero-order chi connectivity index (χ0) is 14.7. The topological polar surface area (TPSA) is 58.4 Å². The van der Waals surface area contributed by atoms with Gasteiger partial charge >= 0.3 is 0 Å². The summed E-state index contributed by atoms with van der Waals surface area (Å²) in [4.78, 5) is 18.7. The van der Waals surface area contributed by atoms with E-state index in [0.29, 0.717) is 10.9 Å². The molecule has 3 rings (SSSR count). The number of anilines is 1. The van der Waals surface area contributed by atoms with E-state index in [9.17, 15) is 4.79 Å². The van der Waals surface area contributed by atoms with Gasteiger partial charge in [-0.25, -0.2) is 4.98 Å². The Morgan fingerprint density at radius 3 is 2.90 bits per heavy atom. The van der Waals surface area contributed by atoms with Gasteiger partial charge in [-0.2, -0.15) is 0 Å². The molecule has 0 radical (unpaired) electrons. The van der Waals surface area contributed by atoms with Crippen molar-refractivity contribution < 1.29 is 9.21 Å². The number of furan rings is 1. The van der Waals surface area contributed by atoms with Gasteiger partial charge in [-0.1, -0.05) is 6.42 Å². The van der Waals surface area contributed by atoms with Gasteiger partial charge in [0, 0.05) is 5.38 Å². The minimum Gasteiger partial charge on any atom is -0.455 e. The number of likely N-dealkylation sites (tertiary alicyclic amines) is 1. The molecule has 1 amide bonds. The van der Waals surface area contributed by atoms with Gasteiger partial charge in [-0.05, 0) is 45.0 Å². The molecule has 0 atom stereocenters. The van der Waals surface area contributed by atoms with E-state index in [1.54, 1.807) is 6.07 Å². The van der Waals surface area contributed by atoms with Gasteiger partial charge < -0.3 is 4.42 Å². The SMILES string of the molecule is Cc1csc(NC(=O)c2ccc(CN3CCCCC3)o2)n1. The van der Waals surface area contributed by atoms with Crippen molar-refractivity contribution in [2.45, 2.75) is 32.7 Å². The molecule has 112 valence electrons. The van der Waals surface area contributed by atoms with Crippen molar-refractivity contribution in [1.29, 1.82) is 0 Å². The van der Waals surface area contributed by atoms with Gasteiger partial charge in [-0.15, -0.1) is 11.3 Å². The summed E-state index contributed by atoms with van der Waals surface area (Å²) in [6, 6.07) is 3.62. The number of nitrogens with one attached hydrogen (secondary N) is 1. The standard InChI is InChI=1S/C15H19N3O2S/c1-11-10-21-15(16-11)17-14(19)13-6-5-12(20-13)9-18-7-3-2-4-8-18/h5-6,10H,2-4,7-9H2,1H3,(H,16,17,19). The maximum Gasteiger partial charge on any atom is 0.293 e. The van der Waals surface area contributed by atoms with Gasteiger partial charge in [0.15, 0.2) is 10.9 Å². The third kappa shape index (κ3) is 3.71. The molecule has 1 aliphatic heterocycles. The molecule has 0 spiro atoms. The Balaban J connectivity index is 1.59. The van der Waals surface area contributed by atoms with Gasteiger partial charge in [0.2, 0.25) is 0 Å². The molecule has 0 unspecified atom stereocenters. The highest BCUT2D eigenvalue weighted by molar-refractivity contribution is 7.13. The molecule has 0 bridgehead atoms. The molecule has 2 aromatic heterocycles. The fourth-order valence-electron chi connectivity index (χ4n) is 2.49. The summed E-state index contributed by atoms with van der Waals surface area (Å²) in [5.74, 6) is 0.946. The lowest BCUT2D eigenvalue weighted by molar-refractivity contribution is 0.0992. The van der Waals surface area contributed by atoms with Crippen LogP contribution in [-0.2, 0) is 6.54 Å². The Morgan fingerprint density at radius 1 is 1.38 bits per heavy atom. The van der Waals surface area contributed by atoms with Crippen LogP contribution in [0.25, 0.3) is 0 Å². The maximum absolute atomic E-state index is 12.1. The molecule has 1 N–H and O–H groups in total. The van der Waals surface area contributed by atoms with Crippen LogP contribution in [0.2, 0.25) is 0 Å². The van der Waals surface area contributed by atoms with Crippen molar-refractivity contribution in [2.75, 3.05) is 18.4 Å². The van der Waals surface area contributed by atoms with Crippen LogP contribution < -0.4 is 5.32 Å². The Kier molecular flexibility index (Phi) is 4.36. The second-order valence-corrected chi connectivity index (χ2v) is 6.21. The quantitative estimate of drug-likeness (QED) is 0.941. The molecule has 1 saturated heterocycles. The summed E-state index contributed by atoms with van der Waals surface area (Å²) in [5.41, 5.74) is 0.903. The lowest BCUT2D eigenvalue weighted by Crippen LogP contribution is -2.28. The fraction of sp³-hybridized carbons (Fsp3) is 0.467. The number of carbonyl (C=O) groups excluding carboxylic acids is 1. The van der Waals surface area contributed by atoms with Crippen molar-refractivity contribution in [3.63, 3.8) is 0 Å². The molecule has 1 fully saturated rings. The average Bonchev–Trinajstić information content (AvgIpc) is 3.09. The molecular weight excluding hydrogens is 286 g/mol. The molecule has 6 heteroatoms. The Morgan fingerprint density at radius 2 is 2.19 bits per heavy atom. The fourth-order valence-corrected chi connectivity index (χ4v) is 3.18. The predicted molar refractivity (Wildman–Crippen MR) is 82.6 cm³/mol. The number of thiazole rings is 1. The molecule has 21 heavy (non-hydrogen) atoms. The number of hydrogen-bond acceptors (Lipinski definition) is 5. The van der Waals surface area contributed by atoms with Crippen LogP contribution in [-0.4, -0.2) is 28.9 Å². The van der Waals surface area contributed by atoms with Crippen LogP contribution in [0.1, 0.15) is 41.3 Å². The molecule has 3 heterocycles. The van der Waals surface area contributed by atoms with Crippen molar-refractivity contribution in [3.8, 4) is 0 Å². The highest BCUT2D eigenvalue weighted by atomic mass is 32.1. The van der Waals surface area contributed by atoms with E-state index in [0.717, 1.165) is 31.1 Å². The van der Waals surface area contributed by atoms with Crippen LogP contribution in [0.15, 0.2) is 21.9 Å². The lowest BCUT2D eigenvalue weighted by Gasteiger charge is -2.25. The zero-order valence-corrected chi connectivity index (χ0v) is 12.9. The van der Waals surface area contributed by atoms with Crippen molar-refractivity contribution >= 4 is 22.4 Å². The number of rotatable bonds is 4. The van der Waals surface area contributed by atoms with E-state index < -0.39 is 0 Å². The van der Waals surface area contributed by atoms with Crippen LogP contribution in [0, 0.1) is 6.92 Å². The number of hydrogen-bond donors (Lipinski definition) is 1. The zero-order valence-electron chi connectivity index (χ0n) is 12.1. The molecule has 0 aliphatic carbocycles. The largest absolute Gasteiger partial charge is 0.455 e. The summed E-state index contributed by atoms with van der Waals surface area (Å²) in [6.45, 7) is 4.90. The predicted octanol–water partition coefficient (Wildman–Crippen LogP) is 3.28. The van der Waals surface area contributed by atoms with Crippen LogP contribution in [0.4, 0.5) is 5.13 Å². The van der Waals surface area contributed by atoms with E-state index >= 15 is 0 Å². The third-order valence-corrected chi connectivity index (χ3v) is 4.43. The van der Waals surface area contributed by atoms with E-state index in [1.807, 2.05) is 18.4 Å².